The smallest absolute Gasteiger partial charge is 0.459 e. The van der Waals surface area contributed by atoms with Crippen LogP contribution in [0.5, 0.6) is 5.75 Å². The third-order valence-corrected chi connectivity index (χ3v) is 14.1. The molecular formula is C52H75N6O10P. The number of nitrogen functional groups attached to an aromatic ring is 1. The zero-order valence-electron chi connectivity index (χ0n) is 41.1. The number of fused-ring (bicyclic) bond motifs is 2. The summed E-state index contributed by atoms with van der Waals surface area (Å²) in [6.45, 7) is 7.58. The Morgan fingerprint density at radius 1 is 0.855 bits per heavy atom. The minimum Gasteiger partial charge on any atom is -0.462 e. The normalized spacial score (nSPS) is 21.3. The highest BCUT2D eigenvalue weighted by Gasteiger charge is 2.65. The Kier molecular flexibility index (Phi) is 21.3. The lowest BCUT2D eigenvalue weighted by molar-refractivity contribution is -0.204. The number of rotatable bonds is 33. The van der Waals surface area contributed by atoms with Gasteiger partial charge in [0.1, 0.15) is 67.3 Å². The molecule has 7 atom stereocenters. The summed E-state index contributed by atoms with van der Waals surface area (Å²) in [6, 6.07) is 22.6. The zero-order chi connectivity index (χ0) is 49.0. The lowest BCUT2D eigenvalue weighted by Crippen LogP contribution is -2.46. The van der Waals surface area contributed by atoms with Gasteiger partial charge >= 0.3 is 13.7 Å². The average molecular weight is 975 g/mol. The third kappa shape index (κ3) is 16.3. The molecule has 2 aromatic carbocycles. The van der Waals surface area contributed by atoms with E-state index in [-0.39, 0.29) is 24.8 Å². The van der Waals surface area contributed by atoms with E-state index in [0.29, 0.717) is 24.4 Å². The van der Waals surface area contributed by atoms with Gasteiger partial charge in [-0.25, -0.2) is 14.1 Å². The van der Waals surface area contributed by atoms with Crippen molar-refractivity contribution in [3.05, 3.63) is 90.4 Å². The molecule has 2 unspecified atom stereocenters. The molecule has 0 spiro atoms. The van der Waals surface area contributed by atoms with Gasteiger partial charge in [-0.3, -0.25) is 9.32 Å². The summed E-state index contributed by atoms with van der Waals surface area (Å²) >= 11 is 0. The number of hydrogen-bond donors (Lipinski definition) is 2. The lowest BCUT2D eigenvalue weighted by atomic mass is 9.96. The van der Waals surface area contributed by atoms with E-state index in [0.717, 1.165) is 18.4 Å². The van der Waals surface area contributed by atoms with E-state index in [1.165, 1.54) is 103 Å². The van der Waals surface area contributed by atoms with Crippen LogP contribution in [0.1, 0.15) is 148 Å². The number of nitrogens with zero attached hydrogens (tertiary/aromatic N) is 4. The first kappa shape index (κ1) is 53.9. The summed E-state index contributed by atoms with van der Waals surface area (Å²) in [4.78, 5) is 17.7. The molecule has 6 rings (SSSR count). The molecule has 378 valence electrons. The van der Waals surface area contributed by atoms with Crippen LogP contribution in [0.4, 0.5) is 5.82 Å². The number of anilines is 1. The van der Waals surface area contributed by atoms with Gasteiger partial charge in [0, 0.05) is 6.61 Å². The molecule has 2 aliphatic heterocycles. The average Bonchev–Trinajstić information content (AvgIpc) is 4.01. The standard InChI is InChI=1S/C52H75N6O10P/c1-5-6-7-8-9-10-11-12-13-14-15-16-17-18-19-26-33-61-35-43(62-34-41-27-22-20-23-28-41)36-63-50(59)40(2)57-69(60,68-42-29-24-21-25-30-42)64-38-52(37-53)48-47(65-51(3,4)67-48)46(66-52)44-31-32-45-49(54)55-39-56-58(44)45/h20-25,27-32,39-40,43,46-48H,5-19,26,33-36,38H2,1-4H3,(H,57,60)(H2,54,55,56)/t40?,43-,46+,47+,48+,52-,69?/m1/s1. The highest BCUT2D eigenvalue weighted by Crippen LogP contribution is 2.53. The lowest BCUT2D eigenvalue weighted by Gasteiger charge is -2.30. The van der Waals surface area contributed by atoms with E-state index in [1.807, 2.05) is 30.3 Å². The first-order valence-corrected chi connectivity index (χ1v) is 26.7. The molecule has 4 aromatic rings. The van der Waals surface area contributed by atoms with Crippen molar-refractivity contribution in [2.75, 3.05) is 32.2 Å². The van der Waals surface area contributed by atoms with Crippen molar-refractivity contribution in [3.63, 3.8) is 0 Å². The fraction of sp³-hybridized carbons (Fsp3) is 0.615. The number of nitrogens with two attached hydrogens (primary N) is 1. The number of carbonyl (C=O) groups excluding carboxylic acids is 1. The molecule has 2 fully saturated rings. The number of benzene rings is 2. The number of aromatic nitrogens is 3. The topological polar surface area (TPSA) is 200 Å². The summed E-state index contributed by atoms with van der Waals surface area (Å²) in [5.41, 5.74) is 6.29. The van der Waals surface area contributed by atoms with Gasteiger partial charge in [0.15, 0.2) is 11.6 Å². The van der Waals surface area contributed by atoms with Crippen LogP contribution in [-0.2, 0) is 48.9 Å². The molecule has 0 radical (unpaired) electrons. The van der Waals surface area contributed by atoms with Crippen molar-refractivity contribution in [2.24, 2.45) is 0 Å². The van der Waals surface area contributed by atoms with Gasteiger partial charge in [0.25, 0.3) is 0 Å². The number of ether oxygens (including phenoxy) is 6. The van der Waals surface area contributed by atoms with Gasteiger partial charge in [-0.05, 0) is 57.0 Å². The molecule has 3 N–H and O–H groups in total. The first-order valence-electron chi connectivity index (χ1n) is 25.1. The van der Waals surface area contributed by atoms with Gasteiger partial charge in [-0.1, -0.05) is 152 Å². The largest absolute Gasteiger partial charge is 0.462 e. The van der Waals surface area contributed by atoms with Crippen molar-refractivity contribution in [3.8, 4) is 11.8 Å². The molecule has 69 heavy (non-hydrogen) atoms. The van der Waals surface area contributed by atoms with Crippen LogP contribution < -0.4 is 15.3 Å². The summed E-state index contributed by atoms with van der Waals surface area (Å²) in [7, 11) is -4.48. The first-order chi connectivity index (χ1) is 33.4. The molecular weight excluding hydrogens is 900 g/mol. The summed E-state index contributed by atoms with van der Waals surface area (Å²) in [6.07, 6.45) is 18.8. The third-order valence-electron chi connectivity index (χ3n) is 12.5. The molecule has 2 saturated heterocycles. The maximum atomic E-state index is 14.8. The van der Waals surface area contributed by atoms with Crippen LogP contribution in [0.15, 0.2) is 79.1 Å². The minimum atomic E-state index is -4.48. The summed E-state index contributed by atoms with van der Waals surface area (Å²) in [5, 5.41) is 17.9. The van der Waals surface area contributed by atoms with Crippen LogP contribution in [0.25, 0.3) is 5.52 Å². The van der Waals surface area contributed by atoms with Gasteiger partial charge in [0.2, 0.25) is 5.60 Å². The van der Waals surface area contributed by atoms with E-state index >= 15 is 0 Å². The number of carbonyl (C=O) groups is 1. The molecule has 0 bridgehead atoms. The zero-order valence-corrected chi connectivity index (χ0v) is 42.0. The quantitative estimate of drug-likeness (QED) is 0.0259. The Labute approximate surface area is 408 Å². The second-order valence-corrected chi connectivity index (χ2v) is 20.4. The van der Waals surface area contributed by atoms with E-state index < -0.39 is 62.2 Å². The van der Waals surface area contributed by atoms with Crippen LogP contribution in [0.2, 0.25) is 0 Å². The molecule has 17 heteroatoms. The molecule has 0 saturated carbocycles. The Morgan fingerprint density at radius 2 is 1.48 bits per heavy atom. The van der Waals surface area contributed by atoms with Crippen molar-refractivity contribution >= 4 is 25.1 Å². The SMILES string of the molecule is CCCCCCCCCCCCCCCCCCOC[C@H](COC(=O)C(C)NP(=O)(OC[C@@]1(C#N)O[C@@H](c2ccc3c(N)ncnn23)[C@@H]2OC(C)(C)O[C@@H]21)Oc1ccccc1)OCc1ccccc1. The highest BCUT2D eigenvalue weighted by molar-refractivity contribution is 7.52. The Balaban J connectivity index is 1.000. The number of nitrogens with one attached hydrogen (secondary N) is 1. The predicted molar refractivity (Wildman–Crippen MR) is 263 cm³/mol. The second kappa shape index (κ2) is 27.2. The van der Waals surface area contributed by atoms with Gasteiger partial charge < -0.3 is 38.7 Å². The second-order valence-electron chi connectivity index (χ2n) is 18.7. The Morgan fingerprint density at radius 3 is 2.12 bits per heavy atom. The van der Waals surface area contributed by atoms with Crippen molar-refractivity contribution in [1.82, 2.24) is 19.7 Å². The molecule has 2 aliphatic rings. The highest BCUT2D eigenvalue weighted by atomic mass is 31.2. The monoisotopic (exact) mass is 975 g/mol. The van der Waals surface area contributed by atoms with Crippen molar-refractivity contribution in [1.29, 1.82) is 5.26 Å². The van der Waals surface area contributed by atoms with E-state index in [1.54, 1.807) is 60.8 Å². The van der Waals surface area contributed by atoms with Crippen molar-refractivity contribution < 1.29 is 46.8 Å². The number of esters is 1. The molecule has 4 heterocycles. The molecule has 2 aromatic heterocycles. The van der Waals surface area contributed by atoms with Crippen LogP contribution in [-0.4, -0.2) is 82.7 Å². The van der Waals surface area contributed by atoms with E-state index in [9.17, 15) is 14.6 Å². The fourth-order valence-electron chi connectivity index (χ4n) is 8.77. The minimum absolute atomic E-state index is 0.116. The summed E-state index contributed by atoms with van der Waals surface area (Å²) in [5.74, 6) is -1.39. The van der Waals surface area contributed by atoms with Crippen LogP contribution in [0, 0.1) is 11.3 Å². The molecule has 0 aliphatic carbocycles. The van der Waals surface area contributed by atoms with Crippen molar-refractivity contribution in [2.45, 2.75) is 179 Å². The van der Waals surface area contributed by atoms with Gasteiger partial charge in [-0.15, -0.1) is 0 Å². The van der Waals surface area contributed by atoms with Gasteiger partial charge in [-0.2, -0.15) is 15.4 Å². The molecule has 0 amide bonds. The number of unbranched alkanes of at least 4 members (excludes halogenated alkanes) is 15. The Hall–Kier alpha value is -4.43. The summed E-state index contributed by atoms with van der Waals surface area (Å²) < 4.78 is 65.4. The number of hydrogen-bond acceptors (Lipinski definition) is 14. The van der Waals surface area contributed by atoms with E-state index in [4.69, 9.17) is 43.2 Å². The fourth-order valence-corrected chi connectivity index (χ4v) is 10.3. The Bertz CT molecular complexity index is 2230. The maximum Gasteiger partial charge on any atom is 0.459 e. The molecule has 16 nitrogen and oxygen atoms in total. The predicted octanol–water partition coefficient (Wildman–Crippen LogP) is 10.8. The van der Waals surface area contributed by atoms with Crippen LogP contribution >= 0.6 is 7.75 Å². The van der Waals surface area contributed by atoms with Gasteiger partial charge in [0.05, 0.1) is 18.9 Å². The van der Waals surface area contributed by atoms with Crippen LogP contribution in [0.3, 0.4) is 0 Å². The number of nitriles is 1. The number of para-hydroxylation sites is 1. The van der Waals surface area contributed by atoms with E-state index in [2.05, 4.69) is 28.2 Å². The maximum absolute atomic E-state index is 14.8.